The Labute approximate surface area is 194 Å². The number of hydrogen-bond donors (Lipinski definition) is 1. The minimum absolute atomic E-state index is 0.126. The lowest BCUT2D eigenvalue weighted by molar-refractivity contribution is -0.123. The molecule has 0 bridgehead atoms. The van der Waals surface area contributed by atoms with Crippen molar-refractivity contribution in [1.82, 2.24) is 24.6 Å². The van der Waals surface area contributed by atoms with Crippen molar-refractivity contribution in [2.75, 3.05) is 20.3 Å². The molecule has 0 radical (unpaired) electrons. The summed E-state index contributed by atoms with van der Waals surface area (Å²) in [5, 5.41) is 8.04. The normalized spacial score (nSPS) is 10.8. The van der Waals surface area contributed by atoms with E-state index in [0.29, 0.717) is 47.2 Å². The number of halogens is 1. The minimum atomic E-state index is -0.272. The molecule has 4 aromatic rings. The first-order valence-corrected chi connectivity index (χ1v) is 10.6. The van der Waals surface area contributed by atoms with Gasteiger partial charge >= 0.3 is 0 Å². The SMILES string of the molecule is COc1cccc(OCC(=O)NCCn2ncc3c(=O)n(Cc4cccc(Cl)c4)cnc32)c1. The largest absolute Gasteiger partial charge is 0.497 e. The Bertz CT molecular complexity index is 1330. The topological polar surface area (TPSA) is 100 Å². The number of ether oxygens (including phenoxy) is 2. The third-order valence-corrected chi connectivity index (χ3v) is 5.16. The summed E-state index contributed by atoms with van der Waals surface area (Å²) in [4.78, 5) is 29.3. The molecule has 0 saturated heterocycles. The number of nitrogens with zero attached hydrogens (tertiary/aromatic N) is 4. The Hall–Kier alpha value is -3.85. The van der Waals surface area contributed by atoms with E-state index in [9.17, 15) is 9.59 Å². The van der Waals surface area contributed by atoms with Gasteiger partial charge < -0.3 is 14.8 Å². The highest BCUT2D eigenvalue weighted by Gasteiger charge is 2.11. The molecule has 10 heteroatoms. The molecule has 0 unspecified atom stereocenters. The van der Waals surface area contributed by atoms with Crippen LogP contribution < -0.4 is 20.3 Å². The van der Waals surface area contributed by atoms with Gasteiger partial charge in [-0.15, -0.1) is 0 Å². The summed E-state index contributed by atoms with van der Waals surface area (Å²) >= 11 is 6.02. The highest BCUT2D eigenvalue weighted by atomic mass is 35.5. The molecule has 1 amide bonds. The highest BCUT2D eigenvalue weighted by Crippen LogP contribution is 2.18. The first kappa shape index (κ1) is 22.3. The molecule has 0 aliphatic carbocycles. The summed E-state index contributed by atoms with van der Waals surface area (Å²) in [5.74, 6) is 0.921. The van der Waals surface area contributed by atoms with Gasteiger partial charge in [-0.05, 0) is 29.8 Å². The van der Waals surface area contributed by atoms with Crippen LogP contribution in [-0.4, -0.2) is 45.5 Å². The van der Waals surface area contributed by atoms with Crippen LogP contribution in [0.25, 0.3) is 11.0 Å². The summed E-state index contributed by atoms with van der Waals surface area (Å²) in [6, 6.07) is 14.3. The Kier molecular flexibility index (Phi) is 6.89. The van der Waals surface area contributed by atoms with Crippen molar-refractivity contribution >= 4 is 28.5 Å². The number of hydrogen-bond acceptors (Lipinski definition) is 6. The first-order valence-electron chi connectivity index (χ1n) is 10.2. The van der Waals surface area contributed by atoms with E-state index < -0.39 is 0 Å². The van der Waals surface area contributed by atoms with E-state index in [1.807, 2.05) is 18.2 Å². The van der Waals surface area contributed by atoms with Crippen molar-refractivity contribution in [1.29, 1.82) is 0 Å². The Morgan fingerprint density at radius 1 is 1.15 bits per heavy atom. The lowest BCUT2D eigenvalue weighted by atomic mass is 10.2. The van der Waals surface area contributed by atoms with Crippen LogP contribution in [0, 0.1) is 0 Å². The van der Waals surface area contributed by atoms with Gasteiger partial charge in [-0.3, -0.25) is 14.2 Å². The summed E-state index contributed by atoms with van der Waals surface area (Å²) in [6.45, 7) is 0.903. The molecule has 0 aliphatic rings. The van der Waals surface area contributed by atoms with Gasteiger partial charge in [-0.1, -0.05) is 29.8 Å². The number of amides is 1. The molecule has 2 aromatic carbocycles. The van der Waals surface area contributed by atoms with Crippen molar-refractivity contribution in [2.24, 2.45) is 0 Å². The summed E-state index contributed by atoms with van der Waals surface area (Å²) in [7, 11) is 1.56. The second-order valence-corrected chi connectivity index (χ2v) is 7.67. The van der Waals surface area contributed by atoms with Gasteiger partial charge in [0.15, 0.2) is 12.3 Å². The van der Waals surface area contributed by atoms with Gasteiger partial charge in [-0.2, -0.15) is 5.10 Å². The van der Waals surface area contributed by atoms with Crippen LogP contribution in [0.15, 0.2) is 65.8 Å². The number of fused-ring (bicyclic) bond motifs is 1. The lowest BCUT2D eigenvalue weighted by Gasteiger charge is -2.09. The van der Waals surface area contributed by atoms with Crippen molar-refractivity contribution in [3.8, 4) is 11.5 Å². The zero-order chi connectivity index (χ0) is 23.2. The lowest BCUT2D eigenvalue weighted by Crippen LogP contribution is -2.31. The summed E-state index contributed by atoms with van der Waals surface area (Å²) in [5.41, 5.74) is 1.17. The van der Waals surface area contributed by atoms with Crippen LogP contribution in [0.5, 0.6) is 11.5 Å². The molecule has 0 aliphatic heterocycles. The highest BCUT2D eigenvalue weighted by molar-refractivity contribution is 6.30. The van der Waals surface area contributed by atoms with Gasteiger partial charge in [0.05, 0.1) is 26.4 Å². The Balaban J connectivity index is 1.34. The fourth-order valence-corrected chi connectivity index (χ4v) is 3.51. The summed E-state index contributed by atoms with van der Waals surface area (Å²) in [6.07, 6.45) is 2.98. The average Bonchev–Trinajstić information content (AvgIpc) is 3.23. The quantitative estimate of drug-likeness (QED) is 0.406. The van der Waals surface area contributed by atoms with Crippen LogP contribution in [0.1, 0.15) is 5.56 Å². The molecule has 9 nitrogen and oxygen atoms in total. The predicted molar refractivity (Wildman–Crippen MR) is 124 cm³/mol. The standard InChI is InChI=1S/C23H22ClN5O4/c1-32-18-6-3-7-19(11-18)33-14-21(30)25-8-9-29-22-20(12-27-29)23(31)28(15-26-22)13-16-4-2-5-17(24)10-16/h2-7,10-12,15H,8-9,13-14H2,1H3,(H,25,30). The fourth-order valence-electron chi connectivity index (χ4n) is 3.30. The van der Waals surface area contributed by atoms with Crippen molar-refractivity contribution in [3.63, 3.8) is 0 Å². The number of rotatable bonds is 9. The molecule has 4 rings (SSSR count). The maximum Gasteiger partial charge on any atom is 0.264 e. The van der Waals surface area contributed by atoms with Crippen LogP contribution in [0.2, 0.25) is 5.02 Å². The molecule has 0 fully saturated rings. The first-order chi connectivity index (χ1) is 16.0. The van der Waals surface area contributed by atoms with Crippen molar-refractivity contribution < 1.29 is 14.3 Å². The second-order valence-electron chi connectivity index (χ2n) is 7.23. The van der Waals surface area contributed by atoms with Gasteiger partial charge in [-0.25, -0.2) is 9.67 Å². The zero-order valence-corrected chi connectivity index (χ0v) is 18.7. The Morgan fingerprint density at radius 2 is 1.97 bits per heavy atom. The second kappa shape index (κ2) is 10.2. The molecular formula is C23H22ClN5O4. The maximum atomic E-state index is 12.8. The molecule has 0 spiro atoms. The molecule has 33 heavy (non-hydrogen) atoms. The van der Waals surface area contributed by atoms with Gasteiger partial charge in [0.25, 0.3) is 11.5 Å². The van der Waals surface area contributed by atoms with E-state index in [1.54, 1.807) is 42.1 Å². The predicted octanol–water partition coefficient (Wildman–Crippen LogP) is 2.50. The minimum Gasteiger partial charge on any atom is -0.497 e. The number of benzene rings is 2. The fraction of sp³-hybridized carbons (Fsp3) is 0.217. The number of carbonyl (C=O) groups excluding carboxylic acids is 1. The average molecular weight is 468 g/mol. The van der Waals surface area contributed by atoms with Crippen LogP contribution >= 0.6 is 11.6 Å². The van der Waals surface area contributed by atoms with Crippen LogP contribution in [0.3, 0.4) is 0 Å². The van der Waals surface area contributed by atoms with E-state index in [-0.39, 0.29) is 18.1 Å². The van der Waals surface area contributed by atoms with E-state index in [0.717, 1.165) is 5.56 Å². The zero-order valence-electron chi connectivity index (χ0n) is 17.9. The maximum absolute atomic E-state index is 12.8. The van der Waals surface area contributed by atoms with Crippen molar-refractivity contribution in [3.05, 3.63) is 82.0 Å². The van der Waals surface area contributed by atoms with Gasteiger partial charge in [0.2, 0.25) is 0 Å². The van der Waals surface area contributed by atoms with E-state index in [2.05, 4.69) is 15.4 Å². The molecule has 0 atom stereocenters. The van der Waals surface area contributed by atoms with Crippen LogP contribution in [0.4, 0.5) is 0 Å². The van der Waals surface area contributed by atoms with Crippen LogP contribution in [-0.2, 0) is 17.9 Å². The molecular weight excluding hydrogens is 446 g/mol. The number of nitrogens with one attached hydrogen (secondary N) is 1. The molecule has 170 valence electrons. The van der Waals surface area contributed by atoms with Crippen molar-refractivity contribution in [2.45, 2.75) is 13.1 Å². The number of methoxy groups -OCH3 is 1. The number of aromatic nitrogens is 4. The Morgan fingerprint density at radius 3 is 2.79 bits per heavy atom. The molecule has 2 aromatic heterocycles. The third-order valence-electron chi connectivity index (χ3n) is 4.92. The third kappa shape index (κ3) is 5.50. The van der Waals surface area contributed by atoms with Gasteiger partial charge in [0.1, 0.15) is 23.2 Å². The van der Waals surface area contributed by atoms with E-state index >= 15 is 0 Å². The smallest absolute Gasteiger partial charge is 0.264 e. The van der Waals surface area contributed by atoms with E-state index in [4.69, 9.17) is 21.1 Å². The van der Waals surface area contributed by atoms with E-state index in [1.165, 1.54) is 17.1 Å². The van der Waals surface area contributed by atoms with Gasteiger partial charge in [0, 0.05) is 17.6 Å². The number of carbonyl (C=O) groups is 1. The monoisotopic (exact) mass is 467 g/mol. The summed E-state index contributed by atoms with van der Waals surface area (Å²) < 4.78 is 13.7. The molecule has 2 heterocycles. The molecule has 0 saturated carbocycles. The molecule has 1 N–H and O–H groups in total.